The van der Waals surface area contributed by atoms with E-state index in [0.29, 0.717) is 0 Å². The van der Waals surface area contributed by atoms with Crippen LogP contribution < -0.4 is 0 Å². The Balaban J connectivity index is 1.39. The van der Waals surface area contributed by atoms with Crippen LogP contribution in [0.2, 0.25) is 0 Å². The Kier molecular flexibility index (Phi) is 5.07. The number of hydrogen-bond donors (Lipinski definition) is 0. The molecule has 0 aliphatic carbocycles. The molecule has 0 fully saturated rings. The van der Waals surface area contributed by atoms with E-state index in [-0.39, 0.29) is 0 Å². The first-order chi connectivity index (χ1) is 18.3. The van der Waals surface area contributed by atoms with Crippen molar-refractivity contribution >= 4 is 22.1 Å². The summed E-state index contributed by atoms with van der Waals surface area (Å²) in [6.45, 7) is 0. The van der Waals surface area contributed by atoms with Gasteiger partial charge in [0.15, 0.2) is 0 Å². The van der Waals surface area contributed by atoms with E-state index in [2.05, 4.69) is 83.4 Å². The standard InChI is InChI=1S/C33H22N4/c1-3-11-23(12-4-1)31-32(35-28-16-8-7-15-27(28)34-31)24-19-21-25(22-20-24)33-36-29-17-9-10-18-30(29)37(33)26-13-5-2-6-14-26/h1-22H. The Hall–Kier alpha value is -5.09. The van der Waals surface area contributed by atoms with Gasteiger partial charge in [-0.3, -0.25) is 4.57 Å². The highest BCUT2D eigenvalue weighted by molar-refractivity contribution is 5.87. The Bertz CT molecular complexity index is 1850. The molecule has 0 amide bonds. The van der Waals surface area contributed by atoms with Gasteiger partial charge >= 0.3 is 0 Å². The van der Waals surface area contributed by atoms with Crippen LogP contribution in [-0.4, -0.2) is 19.5 Å². The maximum Gasteiger partial charge on any atom is 0.145 e. The molecule has 174 valence electrons. The molecule has 7 rings (SSSR count). The first-order valence-electron chi connectivity index (χ1n) is 12.3. The summed E-state index contributed by atoms with van der Waals surface area (Å²) in [6, 6.07) is 45.4. The number of nitrogens with zero attached hydrogens (tertiary/aromatic N) is 4. The second-order valence-electron chi connectivity index (χ2n) is 8.95. The van der Waals surface area contributed by atoms with Crippen molar-refractivity contribution in [2.45, 2.75) is 0 Å². The molecule has 0 saturated heterocycles. The molecule has 7 aromatic rings. The number of benzene rings is 5. The summed E-state index contributed by atoms with van der Waals surface area (Å²) in [5.74, 6) is 0.909. The highest BCUT2D eigenvalue weighted by Gasteiger charge is 2.16. The molecular weight excluding hydrogens is 452 g/mol. The van der Waals surface area contributed by atoms with Crippen LogP contribution in [0.3, 0.4) is 0 Å². The van der Waals surface area contributed by atoms with Crippen molar-refractivity contribution in [3.63, 3.8) is 0 Å². The zero-order valence-electron chi connectivity index (χ0n) is 20.0. The van der Waals surface area contributed by atoms with E-state index in [1.165, 1.54) is 0 Å². The summed E-state index contributed by atoms with van der Waals surface area (Å²) in [5.41, 5.74) is 9.76. The highest BCUT2D eigenvalue weighted by Crippen LogP contribution is 2.33. The van der Waals surface area contributed by atoms with E-state index in [0.717, 1.165) is 61.7 Å². The van der Waals surface area contributed by atoms with Crippen molar-refractivity contribution in [3.05, 3.63) is 133 Å². The minimum atomic E-state index is 0.869. The molecule has 4 heteroatoms. The Morgan fingerprint density at radius 2 is 0.865 bits per heavy atom. The van der Waals surface area contributed by atoms with Gasteiger partial charge in [-0.15, -0.1) is 0 Å². The second kappa shape index (κ2) is 8.85. The summed E-state index contributed by atoms with van der Waals surface area (Å²) < 4.78 is 2.22. The van der Waals surface area contributed by atoms with Crippen molar-refractivity contribution in [2.24, 2.45) is 0 Å². The Morgan fingerprint density at radius 1 is 0.378 bits per heavy atom. The van der Waals surface area contributed by atoms with Crippen LogP contribution >= 0.6 is 0 Å². The smallest absolute Gasteiger partial charge is 0.145 e. The van der Waals surface area contributed by atoms with Crippen LogP contribution in [0.1, 0.15) is 0 Å². The van der Waals surface area contributed by atoms with E-state index in [1.54, 1.807) is 0 Å². The molecule has 0 radical (unpaired) electrons. The van der Waals surface area contributed by atoms with Crippen molar-refractivity contribution in [1.82, 2.24) is 19.5 Å². The Labute approximate surface area is 214 Å². The van der Waals surface area contributed by atoms with Crippen LogP contribution in [0.4, 0.5) is 0 Å². The third-order valence-electron chi connectivity index (χ3n) is 6.61. The van der Waals surface area contributed by atoms with E-state index >= 15 is 0 Å². The molecule has 0 spiro atoms. The molecule has 4 nitrogen and oxygen atoms in total. The topological polar surface area (TPSA) is 43.6 Å². The van der Waals surface area contributed by atoms with Gasteiger partial charge in [0.2, 0.25) is 0 Å². The zero-order valence-corrected chi connectivity index (χ0v) is 20.0. The number of aromatic nitrogens is 4. The fourth-order valence-corrected chi connectivity index (χ4v) is 4.83. The minimum Gasteiger partial charge on any atom is -0.292 e. The molecule has 37 heavy (non-hydrogen) atoms. The maximum atomic E-state index is 5.04. The lowest BCUT2D eigenvalue weighted by Crippen LogP contribution is -1.98. The number of hydrogen-bond acceptors (Lipinski definition) is 3. The molecule has 0 aliphatic rings. The summed E-state index contributed by atoms with van der Waals surface area (Å²) in [4.78, 5) is 15.0. The van der Waals surface area contributed by atoms with Gasteiger partial charge < -0.3 is 0 Å². The molecule has 2 heterocycles. The van der Waals surface area contributed by atoms with Crippen LogP contribution in [0.5, 0.6) is 0 Å². The predicted octanol–water partition coefficient (Wildman–Crippen LogP) is 7.97. The molecule has 0 aliphatic heterocycles. The zero-order chi connectivity index (χ0) is 24.6. The lowest BCUT2D eigenvalue weighted by molar-refractivity contribution is 1.10. The molecular formula is C33H22N4. The fraction of sp³-hybridized carbons (Fsp3) is 0. The molecule has 2 aromatic heterocycles. The highest BCUT2D eigenvalue weighted by atomic mass is 15.1. The molecule has 0 saturated carbocycles. The van der Waals surface area contributed by atoms with E-state index in [1.807, 2.05) is 54.6 Å². The molecule has 0 bridgehead atoms. The van der Waals surface area contributed by atoms with Crippen LogP contribution in [0.25, 0.3) is 61.7 Å². The summed E-state index contributed by atoms with van der Waals surface area (Å²) in [5, 5.41) is 0. The lowest BCUT2D eigenvalue weighted by atomic mass is 10.0. The Morgan fingerprint density at radius 3 is 1.51 bits per heavy atom. The first kappa shape index (κ1) is 21.2. The monoisotopic (exact) mass is 474 g/mol. The third-order valence-corrected chi connectivity index (χ3v) is 6.61. The average molecular weight is 475 g/mol. The lowest BCUT2D eigenvalue weighted by Gasteiger charge is -2.12. The van der Waals surface area contributed by atoms with Gasteiger partial charge in [-0.25, -0.2) is 15.0 Å². The minimum absolute atomic E-state index is 0.869. The van der Waals surface area contributed by atoms with Crippen LogP contribution in [0, 0.1) is 0 Å². The largest absolute Gasteiger partial charge is 0.292 e. The van der Waals surface area contributed by atoms with Crippen molar-refractivity contribution in [2.75, 3.05) is 0 Å². The van der Waals surface area contributed by atoms with E-state index < -0.39 is 0 Å². The number of imidazole rings is 1. The predicted molar refractivity (Wildman–Crippen MR) is 150 cm³/mol. The van der Waals surface area contributed by atoms with E-state index in [4.69, 9.17) is 15.0 Å². The number of rotatable bonds is 4. The van der Waals surface area contributed by atoms with Crippen molar-refractivity contribution in [1.29, 1.82) is 0 Å². The molecule has 0 atom stereocenters. The quantitative estimate of drug-likeness (QED) is 0.260. The fourth-order valence-electron chi connectivity index (χ4n) is 4.83. The van der Waals surface area contributed by atoms with Gasteiger partial charge in [0.25, 0.3) is 0 Å². The van der Waals surface area contributed by atoms with Gasteiger partial charge in [0, 0.05) is 22.4 Å². The summed E-state index contributed by atoms with van der Waals surface area (Å²) >= 11 is 0. The van der Waals surface area contributed by atoms with Gasteiger partial charge in [-0.1, -0.05) is 97.1 Å². The average Bonchev–Trinajstić information content (AvgIpc) is 3.37. The van der Waals surface area contributed by atoms with Gasteiger partial charge in [0.05, 0.1) is 33.5 Å². The number of para-hydroxylation sites is 5. The SMILES string of the molecule is c1ccc(-c2nc3ccccc3nc2-c2ccc(-c3nc4ccccc4n3-c3ccccc3)cc2)cc1. The van der Waals surface area contributed by atoms with Gasteiger partial charge in [0.1, 0.15) is 5.82 Å². The second-order valence-corrected chi connectivity index (χ2v) is 8.95. The third kappa shape index (κ3) is 3.76. The normalized spacial score (nSPS) is 11.2. The summed E-state index contributed by atoms with van der Waals surface area (Å²) in [6.07, 6.45) is 0. The summed E-state index contributed by atoms with van der Waals surface area (Å²) in [7, 11) is 0. The number of fused-ring (bicyclic) bond motifs is 2. The maximum absolute atomic E-state index is 5.04. The molecule has 5 aromatic carbocycles. The van der Waals surface area contributed by atoms with Crippen LogP contribution in [-0.2, 0) is 0 Å². The first-order valence-corrected chi connectivity index (χ1v) is 12.3. The van der Waals surface area contributed by atoms with Crippen molar-refractivity contribution in [3.8, 4) is 39.6 Å². The van der Waals surface area contributed by atoms with Gasteiger partial charge in [-0.2, -0.15) is 0 Å². The van der Waals surface area contributed by atoms with Crippen LogP contribution in [0.15, 0.2) is 133 Å². The van der Waals surface area contributed by atoms with Gasteiger partial charge in [-0.05, 0) is 36.4 Å². The molecule has 0 unspecified atom stereocenters. The molecule has 0 N–H and O–H groups in total. The van der Waals surface area contributed by atoms with Crippen molar-refractivity contribution < 1.29 is 0 Å². The van der Waals surface area contributed by atoms with E-state index in [9.17, 15) is 0 Å².